The number of esters is 1. The van der Waals surface area contributed by atoms with E-state index >= 15 is 0 Å². The Morgan fingerprint density at radius 3 is 2.12 bits per heavy atom. The topological polar surface area (TPSA) is 43.4 Å². The van der Waals surface area contributed by atoms with Crippen LogP contribution < -0.4 is 0 Å². The van der Waals surface area contributed by atoms with Crippen molar-refractivity contribution >= 4 is 11.8 Å². The molecule has 3 aromatic rings. The van der Waals surface area contributed by atoms with Crippen LogP contribution >= 0.6 is 0 Å². The van der Waals surface area contributed by atoms with Gasteiger partial charge in [-0.25, -0.2) is 0 Å². The minimum atomic E-state index is -0.442. The van der Waals surface area contributed by atoms with Crippen LogP contribution in [0.15, 0.2) is 84.9 Å². The van der Waals surface area contributed by atoms with Crippen molar-refractivity contribution in [2.45, 2.75) is 19.4 Å². The highest BCUT2D eigenvalue weighted by atomic mass is 16.5. The Kier molecular flexibility index (Phi) is 5.59. The van der Waals surface area contributed by atoms with E-state index in [9.17, 15) is 9.59 Å². The molecule has 0 fully saturated rings. The van der Waals surface area contributed by atoms with Gasteiger partial charge in [0.2, 0.25) is 0 Å². The lowest BCUT2D eigenvalue weighted by Crippen LogP contribution is -2.14. The fourth-order valence-electron chi connectivity index (χ4n) is 2.70. The zero-order valence-corrected chi connectivity index (χ0v) is 14.6. The first-order chi connectivity index (χ1) is 12.6. The molecule has 3 heteroatoms. The van der Waals surface area contributed by atoms with E-state index in [-0.39, 0.29) is 18.4 Å². The molecule has 0 N–H and O–H groups in total. The highest BCUT2D eigenvalue weighted by Crippen LogP contribution is 2.20. The van der Waals surface area contributed by atoms with Gasteiger partial charge in [0.15, 0.2) is 5.78 Å². The lowest BCUT2D eigenvalue weighted by atomic mass is 9.96. The summed E-state index contributed by atoms with van der Waals surface area (Å²) in [4.78, 5) is 24.9. The van der Waals surface area contributed by atoms with Crippen LogP contribution in [0, 0.1) is 0 Å². The summed E-state index contributed by atoms with van der Waals surface area (Å²) in [5.74, 6) is -0.808. The van der Waals surface area contributed by atoms with Crippen LogP contribution in [0.1, 0.15) is 39.9 Å². The van der Waals surface area contributed by atoms with Gasteiger partial charge in [-0.1, -0.05) is 78.9 Å². The van der Waals surface area contributed by atoms with Crippen LogP contribution in [0.4, 0.5) is 0 Å². The van der Waals surface area contributed by atoms with Crippen molar-refractivity contribution in [3.8, 4) is 0 Å². The summed E-state index contributed by atoms with van der Waals surface area (Å²) in [5, 5.41) is 0. The van der Waals surface area contributed by atoms with Crippen molar-refractivity contribution < 1.29 is 14.3 Å². The molecule has 3 rings (SSSR count). The molecular formula is C23H20O3. The van der Waals surface area contributed by atoms with Crippen molar-refractivity contribution in [1.82, 2.24) is 0 Å². The summed E-state index contributed by atoms with van der Waals surface area (Å²) in [6.07, 6.45) is 0. The smallest absolute Gasteiger partial charge is 0.313 e. The van der Waals surface area contributed by atoms with Gasteiger partial charge >= 0.3 is 5.97 Å². The number of hydrogen-bond donors (Lipinski definition) is 0. The minimum Gasteiger partial charge on any atom is -0.460 e. The van der Waals surface area contributed by atoms with E-state index in [1.54, 1.807) is 37.3 Å². The van der Waals surface area contributed by atoms with Gasteiger partial charge in [0, 0.05) is 11.1 Å². The molecule has 0 heterocycles. The molecule has 1 unspecified atom stereocenters. The number of ketones is 1. The first-order valence-electron chi connectivity index (χ1n) is 8.55. The molecule has 0 spiro atoms. The number of carbonyl (C=O) groups is 2. The average Bonchev–Trinajstić information content (AvgIpc) is 2.72. The maximum Gasteiger partial charge on any atom is 0.313 e. The van der Waals surface area contributed by atoms with Gasteiger partial charge in [0.1, 0.15) is 6.61 Å². The number of carbonyl (C=O) groups excluding carboxylic acids is 2. The molecule has 3 nitrogen and oxygen atoms in total. The Morgan fingerprint density at radius 1 is 0.808 bits per heavy atom. The predicted octanol–water partition coefficient (Wildman–Crippen LogP) is 4.76. The first kappa shape index (κ1) is 17.6. The summed E-state index contributed by atoms with van der Waals surface area (Å²) in [6, 6.07) is 25.8. The molecule has 1 atom stereocenters. The van der Waals surface area contributed by atoms with Crippen LogP contribution in [0.2, 0.25) is 0 Å². The van der Waals surface area contributed by atoms with Gasteiger partial charge in [0.25, 0.3) is 0 Å². The molecule has 0 saturated carbocycles. The Morgan fingerprint density at radius 2 is 1.42 bits per heavy atom. The standard InChI is InChI=1S/C23H20O3/c1-17(23(25)26-16-18-9-4-2-5-10-18)20-13-8-14-21(15-20)22(24)19-11-6-3-7-12-19/h2-15,17H,16H2,1H3. The summed E-state index contributed by atoms with van der Waals surface area (Å²) >= 11 is 0. The molecule has 3 aromatic carbocycles. The zero-order valence-electron chi connectivity index (χ0n) is 14.6. The van der Waals surface area contributed by atoms with Gasteiger partial charge in [-0.3, -0.25) is 9.59 Å². The first-order valence-corrected chi connectivity index (χ1v) is 8.55. The normalized spacial score (nSPS) is 11.6. The Bertz CT molecular complexity index is 886. The third-order valence-electron chi connectivity index (χ3n) is 4.26. The molecule has 130 valence electrons. The van der Waals surface area contributed by atoms with Crippen molar-refractivity contribution in [2.75, 3.05) is 0 Å². The molecule has 0 bridgehead atoms. The Hall–Kier alpha value is -3.20. The summed E-state index contributed by atoms with van der Waals surface area (Å²) in [7, 11) is 0. The summed E-state index contributed by atoms with van der Waals surface area (Å²) in [6.45, 7) is 2.03. The van der Waals surface area contributed by atoms with Crippen molar-refractivity contribution in [2.24, 2.45) is 0 Å². The van der Waals surface area contributed by atoms with Crippen LogP contribution in [0.3, 0.4) is 0 Å². The number of benzene rings is 3. The van der Waals surface area contributed by atoms with Crippen LogP contribution in [-0.2, 0) is 16.1 Å². The highest BCUT2D eigenvalue weighted by Gasteiger charge is 2.18. The Balaban J connectivity index is 1.70. The van der Waals surface area contributed by atoms with Gasteiger partial charge < -0.3 is 4.74 Å². The third kappa shape index (κ3) is 4.25. The Labute approximate surface area is 153 Å². The quantitative estimate of drug-likeness (QED) is 0.478. The second-order valence-corrected chi connectivity index (χ2v) is 6.14. The second-order valence-electron chi connectivity index (χ2n) is 6.14. The number of ether oxygens (including phenoxy) is 1. The van der Waals surface area contributed by atoms with E-state index in [4.69, 9.17) is 4.74 Å². The predicted molar refractivity (Wildman–Crippen MR) is 101 cm³/mol. The lowest BCUT2D eigenvalue weighted by Gasteiger charge is -2.13. The maximum absolute atomic E-state index is 12.6. The van der Waals surface area contributed by atoms with E-state index in [2.05, 4.69) is 0 Å². The fraction of sp³-hybridized carbons (Fsp3) is 0.130. The molecule has 0 aromatic heterocycles. The number of hydrogen-bond acceptors (Lipinski definition) is 3. The monoisotopic (exact) mass is 344 g/mol. The second kappa shape index (κ2) is 8.26. The molecule has 26 heavy (non-hydrogen) atoms. The van der Waals surface area contributed by atoms with Gasteiger partial charge in [-0.15, -0.1) is 0 Å². The van der Waals surface area contributed by atoms with Crippen molar-refractivity contribution in [1.29, 1.82) is 0 Å². The SMILES string of the molecule is CC(C(=O)OCc1ccccc1)c1cccc(C(=O)c2ccccc2)c1. The van der Waals surface area contributed by atoms with Crippen LogP contribution in [-0.4, -0.2) is 11.8 Å². The zero-order chi connectivity index (χ0) is 18.4. The van der Waals surface area contributed by atoms with Crippen molar-refractivity contribution in [3.05, 3.63) is 107 Å². The molecule has 0 amide bonds. The van der Waals surface area contributed by atoms with E-state index < -0.39 is 5.92 Å². The van der Waals surface area contributed by atoms with Gasteiger partial charge in [-0.05, 0) is 24.1 Å². The fourth-order valence-corrected chi connectivity index (χ4v) is 2.70. The highest BCUT2D eigenvalue weighted by molar-refractivity contribution is 6.09. The maximum atomic E-state index is 12.6. The minimum absolute atomic E-state index is 0.0581. The average molecular weight is 344 g/mol. The number of rotatable bonds is 6. The van der Waals surface area contributed by atoms with E-state index in [0.29, 0.717) is 11.1 Å². The third-order valence-corrected chi connectivity index (χ3v) is 4.26. The molecule has 0 aliphatic carbocycles. The lowest BCUT2D eigenvalue weighted by molar-refractivity contribution is -0.146. The summed E-state index contributed by atoms with van der Waals surface area (Å²) < 4.78 is 5.41. The van der Waals surface area contributed by atoms with Crippen LogP contribution in [0.5, 0.6) is 0 Å². The molecule has 0 aliphatic rings. The van der Waals surface area contributed by atoms with Crippen molar-refractivity contribution in [3.63, 3.8) is 0 Å². The van der Waals surface area contributed by atoms with E-state index in [1.165, 1.54) is 0 Å². The van der Waals surface area contributed by atoms with Gasteiger partial charge in [-0.2, -0.15) is 0 Å². The largest absolute Gasteiger partial charge is 0.460 e. The molecule has 0 saturated heterocycles. The summed E-state index contributed by atoms with van der Waals surface area (Å²) in [5.41, 5.74) is 2.91. The van der Waals surface area contributed by atoms with E-state index in [0.717, 1.165) is 11.1 Å². The molecule has 0 radical (unpaired) electrons. The molecule has 0 aliphatic heterocycles. The van der Waals surface area contributed by atoms with Crippen LogP contribution in [0.25, 0.3) is 0 Å². The van der Waals surface area contributed by atoms with E-state index in [1.807, 2.05) is 54.6 Å². The van der Waals surface area contributed by atoms with Gasteiger partial charge in [0.05, 0.1) is 5.92 Å². The molecular weight excluding hydrogens is 324 g/mol.